The highest BCUT2D eigenvalue weighted by molar-refractivity contribution is 5.84. The lowest BCUT2D eigenvalue weighted by Crippen LogP contribution is -2.53. The van der Waals surface area contributed by atoms with E-state index in [4.69, 9.17) is 4.74 Å². The molecule has 32 heavy (non-hydrogen) atoms. The Labute approximate surface area is 185 Å². The fraction of sp³-hybridized carbons (Fsp3) is 0.478. The molecule has 0 heterocycles. The Hall–Kier alpha value is -2.81. The zero-order chi connectivity index (χ0) is 24.1. The maximum atomic E-state index is 13.0. The average molecular weight is 454 g/mol. The van der Waals surface area contributed by atoms with Gasteiger partial charge in [0.05, 0.1) is 18.5 Å². The van der Waals surface area contributed by atoms with E-state index in [1.807, 2.05) is 47.8 Å². The summed E-state index contributed by atoms with van der Waals surface area (Å²) >= 11 is 0. The Morgan fingerprint density at radius 3 is 2.22 bits per heavy atom. The predicted octanol–water partition coefficient (Wildman–Crippen LogP) is 4.61. The van der Waals surface area contributed by atoms with E-state index in [1.165, 1.54) is 0 Å². The summed E-state index contributed by atoms with van der Waals surface area (Å²) in [7, 11) is 0. The molecule has 0 saturated carbocycles. The molecule has 2 amide bonds. The smallest absolute Gasteiger partial charge is 0.407 e. The third-order valence-electron chi connectivity index (χ3n) is 4.70. The number of hydrogen-bond donors (Lipinski definition) is 3. The van der Waals surface area contributed by atoms with Gasteiger partial charge in [-0.1, -0.05) is 43.3 Å². The lowest BCUT2D eigenvalue weighted by atomic mass is 9.99. The highest BCUT2D eigenvalue weighted by atomic mass is 19.4. The second-order valence-corrected chi connectivity index (χ2v) is 8.59. The molecule has 2 unspecified atom stereocenters. The van der Waals surface area contributed by atoms with Gasteiger partial charge in [-0.05, 0) is 49.6 Å². The number of benzene rings is 2. The van der Waals surface area contributed by atoms with E-state index >= 15 is 0 Å². The Kier molecular flexibility index (Phi) is 8.12. The molecule has 0 aliphatic rings. The molecule has 0 spiro atoms. The van der Waals surface area contributed by atoms with Crippen LogP contribution >= 0.6 is 0 Å². The Bertz CT molecular complexity index is 941. The first-order chi connectivity index (χ1) is 14.8. The maximum Gasteiger partial charge on any atom is 0.407 e. The van der Waals surface area contributed by atoms with E-state index in [0.717, 1.165) is 16.3 Å². The summed E-state index contributed by atoms with van der Waals surface area (Å²) in [5, 5.41) is 16.9. The molecule has 0 aromatic heterocycles. The van der Waals surface area contributed by atoms with Crippen molar-refractivity contribution in [1.29, 1.82) is 0 Å². The lowest BCUT2D eigenvalue weighted by Gasteiger charge is -2.28. The van der Waals surface area contributed by atoms with Crippen LogP contribution in [0.25, 0.3) is 10.8 Å². The fourth-order valence-electron chi connectivity index (χ4n) is 3.24. The van der Waals surface area contributed by atoms with E-state index < -0.39 is 48.4 Å². The molecule has 0 bridgehead atoms. The number of ether oxygens (including phenoxy) is 1. The quantitative estimate of drug-likeness (QED) is 0.570. The van der Waals surface area contributed by atoms with Gasteiger partial charge < -0.3 is 20.5 Å². The first kappa shape index (κ1) is 25.5. The molecular formula is C23H29F3N2O4. The summed E-state index contributed by atoms with van der Waals surface area (Å²) in [6.07, 6.45) is -9.14. The van der Waals surface area contributed by atoms with Crippen LogP contribution in [0, 0.1) is 0 Å². The van der Waals surface area contributed by atoms with Gasteiger partial charge in [0.2, 0.25) is 0 Å². The number of halogens is 3. The van der Waals surface area contributed by atoms with Crippen molar-refractivity contribution < 1.29 is 32.6 Å². The van der Waals surface area contributed by atoms with Crippen LogP contribution in [0.4, 0.5) is 18.0 Å². The van der Waals surface area contributed by atoms with Crippen molar-refractivity contribution in [2.24, 2.45) is 0 Å². The maximum absolute atomic E-state index is 13.0. The predicted molar refractivity (Wildman–Crippen MR) is 115 cm³/mol. The molecule has 0 radical (unpaired) electrons. The number of carbonyl (C=O) groups is 2. The van der Waals surface area contributed by atoms with Crippen LogP contribution < -0.4 is 10.6 Å². The van der Waals surface area contributed by atoms with E-state index in [2.05, 4.69) is 5.32 Å². The monoisotopic (exact) mass is 454 g/mol. The molecule has 2 aromatic rings. The van der Waals surface area contributed by atoms with Crippen molar-refractivity contribution >= 4 is 22.8 Å². The average Bonchev–Trinajstić information content (AvgIpc) is 2.68. The standard InChI is InChI=1S/C23H29F3N2O4/c1-5-17(16-11-10-14-8-6-7-9-15(14)12-16)27-20(30)19(29)18(13-23(24,25)26)28-21(31)32-22(2,3)4/h6-12,17-19,29H,5,13H2,1-4H3,(H,27,30)(H,28,31)/t17-,18?,19?/m1/s1. The molecule has 2 rings (SSSR count). The summed E-state index contributed by atoms with van der Waals surface area (Å²) < 4.78 is 44.0. The molecule has 0 fully saturated rings. The topological polar surface area (TPSA) is 87.7 Å². The summed E-state index contributed by atoms with van der Waals surface area (Å²) in [5.41, 5.74) is -0.206. The van der Waals surface area contributed by atoms with Gasteiger partial charge in [0, 0.05) is 0 Å². The molecule has 3 N–H and O–H groups in total. The number of hydrogen-bond acceptors (Lipinski definition) is 4. The van der Waals surface area contributed by atoms with E-state index in [9.17, 15) is 27.9 Å². The van der Waals surface area contributed by atoms with Gasteiger partial charge in [0.25, 0.3) is 5.91 Å². The van der Waals surface area contributed by atoms with Crippen LogP contribution in [0.2, 0.25) is 0 Å². The van der Waals surface area contributed by atoms with Gasteiger partial charge in [-0.25, -0.2) is 4.79 Å². The van der Waals surface area contributed by atoms with Gasteiger partial charge in [0.1, 0.15) is 5.60 Å². The Morgan fingerprint density at radius 2 is 1.66 bits per heavy atom. The van der Waals surface area contributed by atoms with E-state index in [0.29, 0.717) is 6.42 Å². The van der Waals surface area contributed by atoms with Gasteiger partial charge in [-0.3, -0.25) is 4.79 Å². The number of carbonyl (C=O) groups excluding carboxylic acids is 2. The first-order valence-corrected chi connectivity index (χ1v) is 10.3. The molecule has 176 valence electrons. The molecule has 6 nitrogen and oxygen atoms in total. The number of amides is 2. The minimum atomic E-state index is -4.72. The highest BCUT2D eigenvalue weighted by Crippen LogP contribution is 2.25. The molecule has 0 aliphatic heterocycles. The van der Waals surface area contributed by atoms with E-state index in [-0.39, 0.29) is 0 Å². The van der Waals surface area contributed by atoms with Crippen molar-refractivity contribution in [3.63, 3.8) is 0 Å². The summed E-state index contributed by atoms with van der Waals surface area (Å²) in [4.78, 5) is 24.6. The second-order valence-electron chi connectivity index (χ2n) is 8.59. The fourth-order valence-corrected chi connectivity index (χ4v) is 3.24. The van der Waals surface area contributed by atoms with Crippen molar-refractivity contribution in [3.05, 3.63) is 48.0 Å². The zero-order valence-electron chi connectivity index (χ0n) is 18.5. The normalized spacial score (nSPS) is 15.0. The number of nitrogens with one attached hydrogen (secondary N) is 2. The van der Waals surface area contributed by atoms with E-state index in [1.54, 1.807) is 27.7 Å². The highest BCUT2D eigenvalue weighted by Gasteiger charge is 2.39. The number of aliphatic hydroxyl groups is 1. The number of alkyl halides is 3. The lowest BCUT2D eigenvalue weighted by molar-refractivity contribution is -0.151. The van der Waals surface area contributed by atoms with Crippen molar-refractivity contribution in [2.45, 2.75) is 70.5 Å². The van der Waals surface area contributed by atoms with Crippen LogP contribution in [-0.4, -0.2) is 41.0 Å². The number of rotatable bonds is 7. The van der Waals surface area contributed by atoms with Crippen molar-refractivity contribution in [1.82, 2.24) is 10.6 Å². The Morgan fingerprint density at radius 1 is 1.03 bits per heavy atom. The zero-order valence-corrected chi connectivity index (χ0v) is 18.5. The van der Waals surface area contributed by atoms with Crippen LogP contribution in [0.1, 0.15) is 52.1 Å². The SMILES string of the molecule is CC[C@@H](NC(=O)C(O)C(CC(F)(F)F)NC(=O)OC(C)(C)C)c1ccc2ccccc2c1. The van der Waals surface area contributed by atoms with Crippen LogP contribution in [-0.2, 0) is 9.53 Å². The first-order valence-electron chi connectivity index (χ1n) is 10.3. The minimum absolute atomic E-state index is 0.445. The van der Waals surface area contributed by atoms with Gasteiger partial charge >= 0.3 is 12.3 Å². The molecule has 0 saturated heterocycles. The number of fused-ring (bicyclic) bond motifs is 1. The molecule has 3 atom stereocenters. The van der Waals surface area contributed by atoms with Crippen molar-refractivity contribution in [3.8, 4) is 0 Å². The van der Waals surface area contributed by atoms with Gasteiger partial charge in [-0.15, -0.1) is 0 Å². The molecule has 2 aromatic carbocycles. The van der Waals surface area contributed by atoms with Gasteiger partial charge in [0.15, 0.2) is 6.10 Å². The third kappa shape index (κ3) is 7.71. The second kappa shape index (κ2) is 10.2. The number of alkyl carbamates (subject to hydrolysis) is 1. The summed E-state index contributed by atoms with van der Waals surface area (Å²) in [6.45, 7) is 6.44. The van der Waals surface area contributed by atoms with Gasteiger partial charge in [-0.2, -0.15) is 13.2 Å². The van der Waals surface area contributed by atoms with Crippen LogP contribution in [0.5, 0.6) is 0 Å². The molecule has 9 heteroatoms. The third-order valence-corrected chi connectivity index (χ3v) is 4.70. The number of aliphatic hydroxyl groups excluding tert-OH is 1. The minimum Gasteiger partial charge on any atom is -0.444 e. The largest absolute Gasteiger partial charge is 0.444 e. The molecular weight excluding hydrogens is 425 g/mol. The van der Waals surface area contributed by atoms with Crippen molar-refractivity contribution in [2.75, 3.05) is 0 Å². The molecule has 0 aliphatic carbocycles. The summed E-state index contributed by atoms with van der Waals surface area (Å²) in [5.74, 6) is -1.02. The van der Waals surface area contributed by atoms with Crippen LogP contribution in [0.15, 0.2) is 42.5 Å². The van der Waals surface area contributed by atoms with Crippen LogP contribution in [0.3, 0.4) is 0 Å². The Balaban J connectivity index is 2.17. The summed E-state index contributed by atoms with van der Waals surface area (Å²) in [6, 6.07) is 10.8.